The van der Waals surface area contributed by atoms with E-state index in [1.807, 2.05) is 6.07 Å². The molecule has 10 heteroatoms. The SMILES string of the molecule is Cc1cc([C@H](C)Nc2ccccc2C(=O)O)c2cc(-c3cc(C(F)F)ncn3)c(C(F)F)nc2c1. The van der Waals surface area contributed by atoms with Crippen molar-refractivity contribution in [1.29, 1.82) is 0 Å². The highest BCUT2D eigenvalue weighted by Gasteiger charge is 2.23. The van der Waals surface area contributed by atoms with E-state index in [-0.39, 0.29) is 16.8 Å². The number of carboxylic acid groups (broad SMARTS) is 1. The molecule has 0 saturated heterocycles. The lowest BCUT2D eigenvalue weighted by molar-refractivity contribution is 0.0697. The molecule has 0 radical (unpaired) electrons. The van der Waals surface area contributed by atoms with Gasteiger partial charge in [0, 0.05) is 22.7 Å². The largest absolute Gasteiger partial charge is 0.478 e. The van der Waals surface area contributed by atoms with Gasteiger partial charge < -0.3 is 10.4 Å². The van der Waals surface area contributed by atoms with Crippen LogP contribution >= 0.6 is 0 Å². The topological polar surface area (TPSA) is 88.0 Å². The Morgan fingerprint density at radius 3 is 2.43 bits per heavy atom. The zero-order chi connectivity index (χ0) is 25.3. The molecule has 0 saturated carbocycles. The molecule has 0 spiro atoms. The highest BCUT2D eigenvalue weighted by molar-refractivity contribution is 5.94. The van der Waals surface area contributed by atoms with Gasteiger partial charge in [-0.3, -0.25) is 0 Å². The minimum atomic E-state index is -2.97. The molecule has 0 aliphatic carbocycles. The minimum absolute atomic E-state index is 0.0793. The summed E-state index contributed by atoms with van der Waals surface area (Å²) in [6.07, 6.45) is -4.96. The maximum Gasteiger partial charge on any atom is 0.337 e. The normalized spacial score (nSPS) is 12.3. The number of hydrogen-bond donors (Lipinski definition) is 2. The van der Waals surface area contributed by atoms with Crippen LogP contribution in [0.25, 0.3) is 22.2 Å². The first-order valence-electron chi connectivity index (χ1n) is 10.6. The fourth-order valence-electron chi connectivity index (χ4n) is 3.94. The summed E-state index contributed by atoms with van der Waals surface area (Å²) in [5.41, 5.74) is 0.843. The fraction of sp³-hybridized carbons (Fsp3) is 0.200. The van der Waals surface area contributed by atoms with Crippen LogP contribution < -0.4 is 5.32 Å². The number of nitrogens with one attached hydrogen (secondary N) is 1. The number of pyridine rings is 1. The summed E-state index contributed by atoms with van der Waals surface area (Å²) >= 11 is 0. The van der Waals surface area contributed by atoms with Crippen LogP contribution in [0.15, 0.2) is 54.9 Å². The van der Waals surface area contributed by atoms with Gasteiger partial charge in [-0.1, -0.05) is 18.2 Å². The van der Waals surface area contributed by atoms with Gasteiger partial charge in [0.2, 0.25) is 0 Å². The Balaban J connectivity index is 1.89. The van der Waals surface area contributed by atoms with Crippen molar-refractivity contribution in [2.75, 3.05) is 5.32 Å². The summed E-state index contributed by atoms with van der Waals surface area (Å²) in [6.45, 7) is 3.59. The first kappa shape index (κ1) is 24.1. The van der Waals surface area contributed by atoms with Gasteiger partial charge in [-0.15, -0.1) is 0 Å². The van der Waals surface area contributed by atoms with Crippen LogP contribution in [-0.4, -0.2) is 26.0 Å². The third-order valence-electron chi connectivity index (χ3n) is 5.53. The lowest BCUT2D eigenvalue weighted by Gasteiger charge is -2.21. The number of aromatic nitrogens is 3. The molecular weight excluding hydrogens is 464 g/mol. The molecule has 0 amide bonds. The smallest absolute Gasteiger partial charge is 0.337 e. The van der Waals surface area contributed by atoms with E-state index in [4.69, 9.17) is 0 Å². The zero-order valence-electron chi connectivity index (χ0n) is 18.6. The molecule has 0 aliphatic rings. The molecular formula is C25H20F4N4O2. The summed E-state index contributed by atoms with van der Waals surface area (Å²) in [7, 11) is 0. The van der Waals surface area contributed by atoms with Gasteiger partial charge in [-0.2, -0.15) is 0 Å². The lowest BCUT2D eigenvalue weighted by atomic mass is 9.96. The maximum absolute atomic E-state index is 13.9. The number of rotatable bonds is 7. The third-order valence-corrected chi connectivity index (χ3v) is 5.53. The standard InChI is InChI=1S/C25H20F4N4O2/c1-12-7-15(13(2)32-18-6-4-3-5-14(18)25(34)35)16-9-17(22(24(28)29)33-20(16)8-12)19-10-21(23(26)27)31-11-30-19/h3-11,13,23-24,32H,1-2H3,(H,34,35)/t13-/m0/s1. The quantitative estimate of drug-likeness (QED) is 0.282. The van der Waals surface area contributed by atoms with Crippen molar-refractivity contribution in [2.24, 2.45) is 0 Å². The highest BCUT2D eigenvalue weighted by Crippen LogP contribution is 2.36. The number of carboxylic acids is 1. The monoisotopic (exact) mass is 484 g/mol. The predicted molar refractivity (Wildman–Crippen MR) is 123 cm³/mol. The Hall–Kier alpha value is -4.08. The molecule has 180 valence electrons. The number of para-hydroxylation sites is 1. The number of hydrogen-bond acceptors (Lipinski definition) is 5. The number of aromatic carboxylic acids is 1. The third kappa shape index (κ3) is 4.91. The van der Waals surface area contributed by atoms with Crippen LogP contribution in [0.5, 0.6) is 0 Å². The molecule has 0 fully saturated rings. The van der Waals surface area contributed by atoms with Crippen molar-refractivity contribution >= 4 is 22.6 Å². The average molecular weight is 484 g/mol. The molecule has 2 aromatic carbocycles. The van der Waals surface area contributed by atoms with E-state index in [1.54, 1.807) is 38.1 Å². The van der Waals surface area contributed by atoms with Gasteiger partial charge >= 0.3 is 5.97 Å². The van der Waals surface area contributed by atoms with E-state index in [2.05, 4.69) is 20.3 Å². The van der Waals surface area contributed by atoms with Crippen LogP contribution in [-0.2, 0) is 0 Å². The van der Waals surface area contributed by atoms with Crippen molar-refractivity contribution < 1.29 is 27.5 Å². The second kappa shape index (κ2) is 9.65. The Morgan fingerprint density at radius 1 is 1.00 bits per heavy atom. The molecule has 0 bridgehead atoms. The van der Waals surface area contributed by atoms with Crippen molar-refractivity contribution in [3.05, 3.63) is 82.9 Å². The Labute approximate surface area is 197 Å². The van der Waals surface area contributed by atoms with E-state index in [9.17, 15) is 27.5 Å². The first-order valence-corrected chi connectivity index (χ1v) is 10.6. The molecule has 2 N–H and O–H groups in total. The predicted octanol–water partition coefficient (Wildman–Crippen LogP) is 6.75. The second-order valence-electron chi connectivity index (χ2n) is 7.99. The Bertz CT molecular complexity index is 1410. The van der Waals surface area contributed by atoms with Gasteiger partial charge in [0.1, 0.15) is 17.7 Å². The molecule has 2 heterocycles. The number of fused-ring (bicyclic) bond motifs is 1. The van der Waals surface area contributed by atoms with E-state index < -0.39 is 36.2 Å². The number of carbonyl (C=O) groups is 1. The summed E-state index contributed by atoms with van der Waals surface area (Å²) in [4.78, 5) is 23.2. The van der Waals surface area contributed by atoms with Crippen molar-refractivity contribution in [3.63, 3.8) is 0 Å². The molecule has 35 heavy (non-hydrogen) atoms. The summed E-state index contributed by atoms with van der Waals surface area (Å²) < 4.78 is 54.3. The van der Waals surface area contributed by atoms with Gasteiger partial charge in [0.15, 0.2) is 0 Å². The van der Waals surface area contributed by atoms with E-state index >= 15 is 0 Å². The Morgan fingerprint density at radius 2 is 1.74 bits per heavy atom. The highest BCUT2D eigenvalue weighted by atomic mass is 19.3. The fourth-order valence-corrected chi connectivity index (χ4v) is 3.94. The summed E-state index contributed by atoms with van der Waals surface area (Å²) in [6, 6.07) is 11.9. The van der Waals surface area contributed by atoms with Crippen molar-refractivity contribution in [3.8, 4) is 11.3 Å². The van der Waals surface area contributed by atoms with E-state index in [1.165, 1.54) is 12.1 Å². The number of anilines is 1. The van der Waals surface area contributed by atoms with Gasteiger partial charge in [0.25, 0.3) is 12.9 Å². The minimum Gasteiger partial charge on any atom is -0.478 e. The van der Waals surface area contributed by atoms with Gasteiger partial charge in [-0.05, 0) is 55.3 Å². The van der Waals surface area contributed by atoms with E-state index in [0.29, 0.717) is 22.2 Å². The number of aryl methyl sites for hydroxylation is 1. The number of nitrogens with zero attached hydrogens (tertiary/aromatic N) is 3. The summed E-state index contributed by atoms with van der Waals surface area (Å²) in [5.74, 6) is -1.10. The lowest BCUT2D eigenvalue weighted by Crippen LogP contribution is -2.12. The van der Waals surface area contributed by atoms with Crippen molar-refractivity contribution in [1.82, 2.24) is 15.0 Å². The number of halogens is 4. The number of alkyl halides is 4. The van der Waals surface area contributed by atoms with Crippen LogP contribution in [0, 0.1) is 6.92 Å². The molecule has 4 rings (SSSR count). The second-order valence-corrected chi connectivity index (χ2v) is 7.99. The molecule has 4 aromatic rings. The van der Waals surface area contributed by atoms with Crippen molar-refractivity contribution in [2.45, 2.75) is 32.7 Å². The molecule has 0 aliphatic heterocycles. The van der Waals surface area contributed by atoms with Gasteiger partial charge in [0.05, 0.1) is 16.8 Å². The van der Waals surface area contributed by atoms with Crippen LogP contribution in [0.1, 0.15) is 58.7 Å². The molecule has 2 aromatic heterocycles. The van der Waals surface area contributed by atoms with E-state index in [0.717, 1.165) is 18.0 Å². The van der Waals surface area contributed by atoms with Crippen LogP contribution in [0.2, 0.25) is 0 Å². The first-order chi connectivity index (χ1) is 16.7. The van der Waals surface area contributed by atoms with Gasteiger partial charge in [-0.25, -0.2) is 37.3 Å². The zero-order valence-corrected chi connectivity index (χ0v) is 18.6. The average Bonchev–Trinajstić information content (AvgIpc) is 2.82. The summed E-state index contributed by atoms with van der Waals surface area (Å²) in [5, 5.41) is 13.2. The Kier molecular flexibility index (Phi) is 6.63. The molecule has 0 unspecified atom stereocenters. The van der Waals surface area contributed by atoms with Crippen LogP contribution in [0.4, 0.5) is 23.2 Å². The number of benzene rings is 2. The molecule has 1 atom stereocenters. The maximum atomic E-state index is 13.9. The molecule has 6 nitrogen and oxygen atoms in total. The van der Waals surface area contributed by atoms with Crippen LogP contribution in [0.3, 0.4) is 0 Å².